The number of nitrogens with zero attached hydrogens (tertiary/aromatic N) is 2. The zero-order valence-electron chi connectivity index (χ0n) is 3.55. The number of aromatic nitrogens is 3. The fraction of sp³-hybridized carbons (Fsp3) is 0. The zero-order valence-corrected chi connectivity index (χ0v) is 3.55. The van der Waals surface area contributed by atoms with E-state index in [0.29, 0.717) is 0 Å². The van der Waals surface area contributed by atoms with Gasteiger partial charge in [0.05, 0.1) is 0 Å². The first-order chi connectivity index (χ1) is 3.29. The fourth-order valence-corrected chi connectivity index (χ4v) is 0.288. The summed E-state index contributed by atoms with van der Waals surface area (Å²) in [5, 5.41) is 5.79. The molecule has 0 aliphatic heterocycles. The Hall–Kier alpha value is -0.860. The van der Waals surface area contributed by atoms with Crippen LogP contribution in [0.15, 0.2) is 0 Å². The van der Waals surface area contributed by atoms with E-state index in [0.717, 1.165) is 0 Å². The molecule has 0 amide bonds. The van der Waals surface area contributed by atoms with Crippen LogP contribution in [-0.2, 0) is 0 Å². The third-order valence-electron chi connectivity index (χ3n) is 0.520. The van der Waals surface area contributed by atoms with Crippen LogP contribution < -0.4 is 0 Å². The summed E-state index contributed by atoms with van der Waals surface area (Å²) < 4.78 is 0. The summed E-state index contributed by atoms with van der Waals surface area (Å²) in [6.45, 7) is 10.1. The minimum atomic E-state index is 0.178. The predicted octanol–water partition coefficient (Wildman–Crippen LogP) is -0.0769. The summed E-state index contributed by atoms with van der Waals surface area (Å²) in [6, 6.07) is 0. The molecule has 7 heavy (non-hydrogen) atoms. The van der Waals surface area contributed by atoms with Gasteiger partial charge in [0.25, 0.3) is 0 Å². The van der Waals surface area contributed by atoms with Gasteiger partial charge in [-0.05, 0) is 0 Å². The van der Waals surface area contributed by atoms with Crippen molar-refractivity contribution >= 4 is 0 Å². The van der Waals surface area contributed by atoms with Gasteiger partial charge < -0.3 is 0 Å². The van der Waals surface area contributed by atoms with Crippen LogP contribution >= 0.6 is 0 Å². The van der Waals surface area contributed by atoms with Crippen LogP contribution in [0.5, 0.6) is 0 Å². The largest absolute Gasteiger partial charge is 0.263 e. The molecular weight excluding hydrogens is 90.1 g/mol. The molecule has 1 rings (SSSR count). The van der Waals surface area contributed by atoms with Crippen LogP contribution in [0.4, 0.5) is 0 Å². The maximum atomic E-state index is 5.07. The SMILES string of the molecule is [CH]c1n[nH]c([CH])n1. The summed E-state index contributed by atoms with van der Waals surface area (Å²) >= 11 is 0. The van der Waals surface area contributed by atoms with Gasteiger partial charge in [-0.2, -0.15) is 5.10 Å². The van der Waals surface area contributed by atoms with Gasteiger partial charge >= 0.3 is 0 Å². The molecule has 3 nitrogen and oxygen atoms in total. The lowest BCUT2D eigenvalue weighted by Crippen LogP contribution is -1.70. The Morgan fingerprint density at radius 2 is 2.14 bits per heavy atom. The minimum absolute atomic E-state index is 0.178. The molecule has 1 aromatic rings. The monoisotopic (exact) mass is 93.0 g/mol. The quantitative estimate of drug-likeness (QED) is 0.487. The van der Waals surface area contributed by atoms with Gasteiger partial charge in [-0.3, -0.25) is 5.10 Å². The van der Waals surface area contributed by atoms with Gasteiger partial charge in [-0.1, -0.05) is 0 Å². The van der Waals surface area contributed by atoms with Gasteiger partial charge in [-0.25, -0.2) is 4.98 Å². The molecule has 0 saturated carbocycles. The zero-order chi connectivity index (χ0) is 5.28. The molecule has 0 saturated heterocycles. The predicted molar refractivity (Wildman–Crippen MR) is 23.2 cm³/mol. The molecule has 0 aliphatic carbocycles. The highest BCUT2D eigenvalue weighted by atomic mass is 15.2. The van der Waals surface area contributed by atoms with Crippen LogP contribution in [-0.4, -0.2) is 15.2 Å². The molecule has 0 spiro atoms. The molecule has 3 heteroatoms. The number of hydrogen-bond acceptors (Lipinski definition) is 2. The van der Waals surface area contributed by atoms with Crippen molar-refractivity contribution in [2.75, 3.05) is 0 Å². The lowest BCUT2D eigenvalue weighted by molar-refractivity contribution is 1.05. The average Bonchev–Trinajstić information content (AvgIpc) is 1.87. The van der Waals surface area contributed by atoms with Crippen molar-refractivity contribution in [1.82, 2.24) is 15.2 Å². The van der Waals surface area contributed by atoms with E-state index in [2.05, 4.69) is 15.2 Å². The highest BCUT2D eigenvalue weighted by Crippen LogP contribution is 1.83. The minimum Gasteiger partial charge on any atom is -0.263 e. The smallest absolute Gasteiger partial charge is 0.155 e. The number of hydrogen-bond donors (Lipinski definition) is 1. The molecule has 0 aliphatic rings. The number of nitrogens with one attached hydrogen (secondary N) is 1. The summed E-state index contributed by atoms with van der Waals surface area (Å²) in [4.78, 5) is 3.50. The Morgan fingerprint density at radius 1 is 1.43 bits per heavy atom. The first-order valence-electron chi connectivity index (χ1n) is 1.72. The number of rotatable bonds is 0. The average molecular weight is 93.1 g/mol. The van der Waals surface area contributed by atoms with Gasteiger partial charge in [0, 0.05) is 13.8 Å². The van der Waals surface area contributed by atoms with Crippen LogP contribution in [0.2, 0.25) is 0 Å². The van der Waals surface area contributed by atoms with E-state index in [1.54, 1.807) is 0 Å². The molecule has 0 unspecified atom stereocenters. The van der Waals surface area contributed by atoms with E-state index >= 15 is 0 Å². The molecule has 0 fully saturated rings. The van der Waals surface area contributed by atoms with E-state index < -0.39 is 0 Å². The van der Waals surface area contributed by atoms with E-state index in [4.69, 9.17) is 13.8 Å². The maximum Gasteiger partial charge on any atom is 0.155 e. The molecule has 34 valence electrons. The summed E-state index contributed by atoms with van der Waals surface area (Å²) in [5.74, 6) is 0.426. The normalized spacial score (nSPS) is 9.43. The summed E-state index contributed by atoms with van der Waals surface area (Å²) in [7, 11) is 0. The van der Waals surface area contributed by atoms with Crippen molar-refractivity contribution in [2.45, 2.75) is 0 Å². The molecule has 1 aromatic heterocycles. The molecule has 1 N–H and O–H groups in total. The molecule has 4 radical (unpaired) electrons. The van der Waals surface area contributed by atoms with Crippen LogP contribution in [0.25, 0.3) is 0 Å². The van der Waals surface area contributed by atoms with E-state index in [9.17, 15) is 0 Å². The number of H-pyrrole nitrogens is 1. The Balaban J connectivity index is 3.04. The van der Waals surface area contributed by atoms with Crippen molar-refractivity contribution in [3.8, 4) is 0 Å². The van der Waals surface area contributed by atoms with Crippen LogP contribution in [0.3, 0.4) is 0 Å². The van der Waals surface area contributed by atoms with Crippen LogP contribution in [0.1, 0.15) is 11.6 Å². The van der Waals surface area contributed by atoms with Crippen molar-refractivity contribution in [3.63, 3.8) is 0 Å². The van der Waals surface area contributed by atoms with E-state index in [1.165, 1.54) is 0 Å². The molecule has 0 bridgehead atoms. The van der Waals surface area contributed by atoms with Crippen molar-refractivity contribution in [2.24, 2.45) is 0 Å². The number of aromatic amines is 1. The molecule has 0 atom stereocenters. The van der Waals surface area contributed by atoms with Crippen molar-refractivity contribution in [1.29, 1.82) is 0 Å². The maximum absolute atomic E-state index is 5.07. The molecule has 1 heterocycles. The second kappa shape index (κ2) is 1.33. The second-order valence-electron chi connectivity index (χ2n) is 1.08. The van der Waals surface area contributed by atoms with Gasteiger partial charge in [0.1, 0.15) is 5.82 Å². The first-order valence-corrected chi connectivity index (χ1v) is 1.72. The summed E-state index contributed by atoms with van der Waals surface area (Å²) in [6.07, 6.45) is 0. The van der Waals surface area contributed by atoms with Gasteiger partial charge in [0.15, 0.2) is 5.82 Å². The van der Waals surface area contributed by atoms with Crippen LogP contribution in [0, 0.1) is 13.8 Å². The van der Waals surface area contributed by atoms with Gasteiger partial charge in [0.2, 0.25) is 0 Å². The first kappa shape index (κ1) is 4.30. The van der Waals surface area contributed by atoms with Crippen molar-refractivity contribution < 1.29 is 0 Å². The lowest BCUT2D eigenvalue weighted by atomic mass is 10.7. The standard InChI is InChI=1S/C4H3N3/c1-3-5-4(2)7-6-3/h1-2H,(H,5,6,7). The van der Waals surface area contributed by atoms with Gasteiger partial charge in [-0.15, -0.1) is 0 Å². The topological polar surface area (TPSA) is 41.6 Å². The molecule has 0 aromatic carbocycles. The van der Waals surface area contributed by atoms with E-state index in [-0.39, 0.29) is 11.6 Å². The Bertz CT molecular complexity index is 139. The Morgan fingerprint density at radius 3 is 2.29 bits per heavy atom. The third kappa shape index (κ3) is 0.765. The molecular formula is C4H3N3. The Kier molecular flexibility index (Phi) is 0.817. The lowest BCUT2D eigenvalue weighted by Gasteiger charge is -1.66. The fourth-order valence-electron chi connectivity index (χ4n) is 0.288. The summed E-state index contributed by atoms with van der Waals surface area (Å²) in [5.41, 5.74) is 0. The van der Waals surface area contributed by atoms with Crippen molar-refractivity contribution in [3.05, 3.63) is 25.5 Å². The highest BCUT2D eigenvalue weighted by molar-refractivity contribution is 4.94. The van der Waals surface area contributed by atoms with E-state index in [1.807, 2.05) is 0 Å². The highest BCUT2D eigenvalue weighted by Gasteiger charge is 1.87. The Labute approximate surface area is 41.8 Å². The second-order valence-corrected chi connectivity index (χ2v) is 1.08. The third-order valence-corrected chi connectivity index (χ3v) is 0.520.